The summed E-state index contributed by atoms with van der Waals surface area (Å²) in [5.74, 6) is -1.73. The van der Waals surface area contributed by atoms with Gasteiger partial charge in [-0.25, -0.2) is 4.39 Å². The van der Waals surface area contributed by atoms with E-state index in [-0.39, 0.29) is 31.4 Å². The fourth-order valence-electron chi connectivity index (χ4n) is 1.80. The predicted octanol–water partition coefficient (Wildman–Crippen LogP) is 2.29. The molecule has 0 atom stereocenters. The Bertz CT molecular complexity index is 497. The van der Waals surface area contributed by atoms with Crippen molar-refractivity contribution in [3.05, 3.63) is 29.6 Å². The Morgan fingerprint density at radius 2 is 2.00 bits per heavy atom. The van der Waals surface area contributed by atoms with E-state index in [2.05, 4.69) is 5.32 Å². The minimum atomic E-state index is -0.979. The predicted molar refractivity (Wildman–Crippen MR) is 81.4 cm³/mol. The first-order valence-corrected chi connectivity index (χ1v) is 6.42. The molecule has 118 valence electrons. The highest BCUT2D eigenvalue weighted by molar-refractivity contribution is 5.92. The van der Waals surface area contributed by atoms with Gasteiger partial charge in [-0.3, -0.25) is 14.5 Å². The van der Waals surface area contributed by atoms with Gasteiger partial charge in [0.1, 0.15) is 5.82 Å². The maximum Gasteiger partial charge on any atom is 0.317 e. The van der Waals surface area contributed by atoms with E-state index in [1.54, 1.807) is 19.1 Å². The number of carbonyl (C=O) groups is 2. The van der Waals surface area contributed by atoms with Crippen molar-refractivity contribution in [1.29, 1.82) is 0 Å². The van der Waals surface area contributed by atoms with Gasteiger partial charge in [0.15, 0.2) is 0 Å². The Balaban J connectivity index is 0.00000400. The number of halogens is 2. The molecule has 0 radical (unpaired) electrons. The molecule has 0 fully saturated rings. The van der Waals surface area contributed by atoms with Crippen LogP contribution in [-0.4, -0.2) is 41.5 Å². The number of benzene rings is 1. The van der Waals surface area contributed by atoms with Crippen molar-refractivity contribution in [2.45, 2.75) is 20.3 Å². The molecule has 0 aliphatic carbocycles. The zero-order valence-corrected chi connectivity index (χ0v) is 12.9. The molecule has 0 aliphatic heterocycles. The zero-order chi connectivity index (χ0) is 15.1. The minimum absolute atomic E-state index is 0. The average molecular weight is 319 g/mol. The van der Waals surface area contributed by atoms with E-state index in [0.29, 0.717) is 17.8 Å². The Labute approximate surface area is 129 Å². The molecule has 0 saturated heterocycles. The average Bonchev–Trinajstić information content (AvgIpc) is 2.33. The van der Waals surface area contributed by atoms with Crippen LogP contribution in [0.4, 0.5) is 10.1 Å². The molecule has 1 amide bonds. The number of aryl methyl sites for hydroxylation is 1. The number of anilines is 1. The largest absolute Gasteiger partial charge is 0.480 e. The third-order valence-corrected chi connectivity index (χ3v) is 2.72. The number of carboxylic acids is 1. The van der Waals surface area contributed by atoms with E-state index < -0.39 is 11.8 Å². The van der Waals surface area contributed by atoms with Crippen LogP contribution in [-0.2, 0) is 9.59 Å². The van der Waals surface area contributed by atoms with Crippen molar-refractivity contribution >= 4 is 30.0 Å². The second-order valence-corrected chi connectivity index (χ2v) is 4.62. The number of rotatable bonds is 7. The van der Waals surface area contributed by atoms with Crippen LogP contribution in [0.3, 0.4) is 0 Å². The molecule has 0 unspecified atom stereocenters. The van der Waals surface area contributed by atoms with Gasteiger partial charge in [-0.05, 0) is 37.6 Å². The standard InChI is InChI=1S/C14H19FN2O3.ClH/c1-3-6-17(9-14(19)20)8-13(18)16-11-5-4-10(2)12(15)7-11;/h4-5,7H,3,6,8-9H2,1-2H3,(H,16,18)(H,19,20);1H. The smallest absolute Gasteiger partial charge is 0.317 e. The van der Waals surface area contributed by atoms with Crippen LogP contribution in [0.5, 0.6) is 0 Å². The van der Waals surface area contributed by atoms with Gasteiger partial charge in [0, 0.05) is 5.69 Å². The van der Waals surface area contributed by atoms with Gasteiger partial charge >= 0.3 is 5.97 Å². The summed E-state index contributed by atoms with van der Waals surface area (Å²) < 4.78 is 13.3. The van der Waals surface area contributed by atoms with Crippen molar-refractivity contribution in [3.63, 3.8) is 0 Å². The topological polar surface area (TPSA) is 69.6 Å². The van der Waals surface area contributed by atoms with Crippen LogP contribution < -0.4 is 5.32 Å². The lowest BCUT2D eigenvalue weighted by molar-refractivity contribution is -0.138. The summed E-state index contributed by atoms with van der Waals surface area (Å²) in [6.07, 6.45) is 0.750. The Morgan fingerprint density at radius 1 is 1.33 bits per heavy atom. The van der Waals surface area contributed by atoms with Crippen molar-refractivity contribution in [2.24, 2.45) is 0 Å². The van der Waals surface area contributed by atoms with Gasteiger partial charge in [-0.2, -0.15) is 0 Å². The molecule has 0 spiro atoms. The first-order valence-electron chi connectivity index (χ1n) is 6.42. The molecule has 0 saturated carbocycles. The second kappa shape index (κ2) is 9.31. The maximum atomic E-state index is 13.3. The maximum absolute atomic E-state index is 13.3. The molecule has 0 aromatic heterocycles. The van der Waals surface area contributed by atoms with E-state index in [4.69, 9.17) is 5.11 Å². The summed E-state index contributed by atoms with van der Waals surface area (Å²) in [5, 5.41) is 11.3. The first kappa shape index (κ1) is 19.3. The van der Waals surface area contributed by atoms with E-state index >= 15 is 0 Å². The lowest BCUT2D eigenvalue weighted by Crippen LogP contribution is -2.37. The molecular weight excluding hydrogens is 299 g/mol. The summed E-state index contributed by atoms with van der Waals surface area (Å²) in [6, 6.07) is 4.43. The fourth-order valence-corrected chi connectivity index (χ4v) is 1.80. The summed E-state index contributed by atoms with van der Waals surface area (Å²) in [6.45, 7) is 3.83. The molecule has 5 nitrogen and oxygen atoms in total. The summed E-state index contributed by atoms with van der Waals surface area (Å²) >= 11 is 0. The third-order valence-electron chi connectivity index (χ3n) is 2.72. The molecule has 2 N–H and O–H groups in total. The van der Waals surface area contributed by atoms with Crippen molar-refractivity contribution < 1.29 is 19.1 Å². The molecule has 1 aromatic carbocycles. The van der Waals surface area contributed by atoms with E-state index in [1.807, 2.05) is 6.92 Å². The fraction of sp³-hybridized carbons (Fsp3) is 0.429. The van der Waals surface area contributed by atoms with Gasteiger partial charge in [0.2, 0.25) is 5.91 Å². The lowest BCUT2D eigenvalue weighted by atomic mass is 10.2. The summed E-state index contributed by atoms with van der Waals surface area (Å²) in [5.41, 5.74) is 0.867. The number of hydrogen-bond donors (Lipinski definition) is 2. The first-order chi connectivity index (χ1) is 9.42. The monoisotopic (exact) mass is 318 g/mol. The molecule has 1 aromatic rings. The van der Waals surface area contributed by atoms with E-state index in [9.17, 15) is 14.0 Å². The SMILES string of the molecule is CCCN(CC(=O)O)CC(=O)Nc1ccc(C)c(F)c1.Cl. The van der Waals surface area contributed by atoms with Crippen molar-refractivity contribution in [2.75, 3.05) is 25.0 Å². The highest BCUT2D eigenvalue weighted by Crippen LogP contribution is 2.13. The molecule has 0 aliphatic rings. The lowest BCUT2D eigenvalue weighted by Gasteiger charge is -2.18. The van der Waals surface area contributed by atoms with Crippen LogP contribution in [0, 0.1) is 12.7 Å². The zero-order valence-electron chi connectivity index (χ0n) is 12.1. The Hall–Kier alpha value is -1.66. The van der Waals surface area contributed by atoms with Crippen LogP contribution in [0.1, 0.15) is 18.9 Å². The van der Waals surface area contributed by atoms with Crippen LogP contribution >= 0.6 is 12.4 Å². The van der Waals surface area contributed by atoms with Gasteiger partial charge in [-0.15, -0.1) is 12.4 Å². The van der Waals surface area contributed by atoms with Crippen molar-refractivity contribution in [3.8, 4) is 0 Å². The number of nitrogens with one attached hydrogen (secondary N) is 1. The number of aliphatic carboxylic acids is 1. The van der Waals surface area contributed by atoms with Crippen LogP contribution in [0.25, 0.3) is 0 Å². The number of carboxylic acid groups (broad SMARTS) is 1. The summed E-state index contributed by atoms with van der Waals surface area (Å²) in [4.78, 5) is 24.0. The number of carbonyl (C=O) groups excluding carboxylic acids is 1. The number of nitrogens with zero attached hydrogens (tertiary/aromatic N) is 1. The Morgan fingerprint density at radius 3 is 2.52 bits per heavy atom. The molecular formula is C14H20ClFN2O3. The van der Waals surface area contributed by atoms with Crippen LogP contribution in [0.15, 0.2) is 18.2 Å². The summed E-state index contributed by atoms with van der Waals surface area (Å²) in [7, 11) is 0. The highest BCUT2D eigenvalue weighted by Gasteiger charge is 2.13. The third kappa shape index (κ3) is 7.06. The minimum Gasteiger partial charge on any atom is -0.480 e. The van der Waals surface area contributed by atoms with E-state index in [1.165, 1.54) is 11.0 Å². The van der Waals surface area contributed by atoms with Gasteiger partial charge in [0.25, 0.3) is 0 Å². The molecule has 0 heterocycles. The number of amides is 1. The Kier molecular flexibility index (Phi) is 8.57. The van der Waals surface area contributed by atoms with Gasteiger partial charge in [0.05, 0.1) is 13.1 Å². The van der Waals surface area contributed by atoms with Gasteiger partial charge < -0.3 is 10.4 Å². The molecule has 7 heteroatoms. The normalized spacial score (nSPS) is 10.1. The van der Waals surface area contributed by atoms with E-state index in [0.717, 1.165) is 6.42 Å². The molecule has 21 heavy (non-hydrogen) atoms. The van der Waals surface area contributed by atoms with Gasteiger partial charge in [-0.1, -0.05) is 13.0 Å². The van der Waals surface area contributed by atoms with Crippen molar-refractivity contribution in [1.82, 2.24) is 4.90 Å². The molecule has 0 bridgehead atoms. The molecule has 1 rings (SSSR count). The quantitative estimate of drug-likeness (QED) is 0.809. The van der Waals surface area contributed by atoms with Crippen LogP contribution in [0.2, 0.25) is 0 Å². The highest BCUT2D eigenvalue weighted by atomic mass is 35.5. The second-order valence-electron chi connectivity index (χ2n) is 4.62. The number of hydrogen-bond acceptors (Lipinski definition) is 3.